The third-order valence-electron chi connectivity index (χ3n) is 3.70. The molecule has 0 radical (unpaired) electrons. The number of alkyl carbamates (subject to hydrolysis) is 1. The van der Waals surface area contributed by atoms with E-state index in [9.17, 15) is 13.2 Å². The van der Waals surface area contributed by atoms with E-state index in [2.05, 4.69) is 15.5 Å². The molecule has 0 aliphatic carbocycles. The highest BCUT2D eigenvalue weighted by Gasteiger charge is 2.23. The predicted molar refractivity (Wildman–Crippen MR) is 108 cm³/mol. The second kappa shape index (κ2) is 10.1. The van der Waals surface area contributed by atoms with E-state index in [1.165, 1.54) is 0 Å². The van der Waals surface area contributed by atoms with Crippen LogP contribution in [0.25, 0.3) is 0 Å². The Morgan fingerprint density at radius 2 is 1.97 bits per heavy atom. The summed E-state index contributed by atoms with van der Waals surface area (Å²) in [5, 5.41) is 10.2. The Hall–Kier alpha value is -2.13. The van der Waals surface area contributed by atoms with Crippen LogP contribution in [-0.2, 0) is 26.7 Å². The molecule has 0 fully saturated rings. The maximum Gasteiger partial charge on any atom is 0.407 e. The molecule has 0 saturated carbocycles. The standard InChI is InChI=1S/C19H26ClN3O5S/c1-19(2,3)28-17(24)21-11-6-4-5-10-16-22-23-18(27-16)29(25,26)13-14-8-7-9-15(20)12-14/h7-9,12H,4-6,10-11,13H2,1-3H3,(H,21,24). The molecule has 0 unspecified atom stereocenters. The van der Waals surface area contributed by atoms with Gasteiger partial charge in [-0.2, -0.15) is 0 Å². The summed E-state index contributed by atoms with van der Waals surface area (Å²) in [5.74, 6) is 0.0145. The van der Waals surface area contributed by atoms with Gasteiger partial charge < -0.3 is 14.5 Å². The van der Waals surface area contributed by atoms with Crippen LogP contribution in [-0.4, -0.2) is 36.9 Å². The first-order valence-electron chi connectivity index (χ1n) is 9.31. The van der Waals surface area contributed by atoms with Crippen molar-refractivity contribution < 1.29 is 22.4 Å². The van der Waals surface area contributed by atoms with Gasteiger partial charge >= 0.3 is 11.3 Å². The van der Waals surface area contributed by atoms with E-state index in [1.807, 2.05) is 0 Å². The van der Waals surface area contributed by atoms with E-state index in [0.29, 0.717) is 23.6 Å². The molecule has 0 atom stereocenters. The van der Waals surface area contributed by atoms with Crippen molar-refractivity contribution in [1.29, 1.82) is 0 Å². The van der Waals surface area contributed by atoms with Gasteiger partial charge in [-0.1, -0.05) is 35.3 Å². The molecule has 0 aliphatic rings. The molecule has 0 saturated heterocycles. The average molecular weight is 444 g/mol. The molecule has 160 valence electrons. The summed E-state index contributed by atoms with van der Waals surface area (Å²) in [7, 11) is -3.73. The van der Waals surface area contributed by atoms with Crippen molar-refractivity contribution in [3.05, 3.63) is 40.7 Å². The first kappa shape index (κ1) is 23.2. The number of amides is 1. The van der Waals surface area contributed by atoms with Crippen LogP contribution in [0.4, 0.5) is 4.79 Å². The zero-order valence-corrected chi connectivity index (χ0v) is 18.3. The van der Waals surface area contributed by atoms with Crippen molar-refractivity contribution in [3.63, 3.8) is 0 Å². The minimum atomic E-state index is -3.73. The Bertz CT molecular complexity index is 922. The number of carbonyl (C=O) groups is 1. The highest BCUT2D eigenvalue weighted by Crippen LogP contribution is 2.18. The molecule has 1 N–H and O–H groups in total. The second-order valence-corrected chi connectivity index (χ2v) is 9.89. The molecular weight excluding hydrogens is 418 g/mol. The van der Waals surface area contributed by atoms with Gasteiger partial charge in [0, 0.05) is 18.0 Å². The summed E-state index contributed by atoms with van der Waals surface area (Å²) < 4.78 is 35.3. The Labute approximate surface area is 175 Å². The number of rotatable bonds is 9. The van der Waals surface area contributed by atoms with Crippen LogP contribution in [0.2, 0.25) is 5.02 Å². The molecule has 29 heavy (non-hydrogen) atoms. The smallest absolute Gasteiger partial charge is 0.407 e. The molecule has 2 aromatic rings. The summed E-state index contributed by atoms with van der Waals surface area (Å²) in [6, 6.07) is 6.61. The van der Waals surface area contributed by atoms with Gasteiger partial charge in [0.2, 0.25) is 15.7 Å². The van der Waals surface area contributed by atoms with Crippen molar-refractivity contribution in [3.8, 4) is 0 Å². The number of hydrogen-bond donors (Lipinski definition) is 1. The van der Waals surface area contributed by atoms with Gasteiger partial charge in [0.15, 0.2) is 0 Å². The maximum atomic E-state index is 12.4. The topological polar surface area (TPSA) is 111 Å². The molecule has 2 rings (SSSR count). The third-order valence-corrected chi connectivity index (χ3v) is 5.34. The lowest BCUT2D eigenvalue weighted by atomic mass is 10.2. The Balaban J connectivity index is 1.74. The first-order valence-corrected chi connectivity index (χ1v) is 11.3. The van der Waals surface area contributed by atoms with Crippen LogP contribution in [0, 0.1) is 0 Å². The van der Waals surface area contributed by atoms with Gasteiger partial charge in [-0.25, -0.2) is 13.2 Å². The number of aromatic nitrogens is 2. The molecule has 8 nitrogen and oxygen atoms in total. The molecule has 10 heteroatoms. The van der Waals surface area contributed by atoms with E-state index < -0.39 is 21.5 Å². The lowest BCUT2D eigenvalue weighted by Gasteiger charge is -2.19. The normalized spacial score (nSPS) is 12.0. The van der Waals surface area contributed by atoms with Gasteiger partial charge in [-0.15, -0.1) is 5.10 Å². The quantitative estimate of drug-likeness (QED) is 0.584. The number of nitrogens with one attached hydrogen (secondary N) is 1. The summed E-state index contributed by atoms with van der Waals surface area (Å²) in [6.07, 6.45) is 2.32. The van der Waals surface area contributed by atoms with E-state index in [4.69, 9.17) is 20.8 Å². The van der Waals surface area contributed by atoms with Crippen molar-refractivity contribution in [2.24, 2.45) is 0 Å². The summed E-state index contributed by atoms with van der Waals surface area (Å²) >= 11 is 5.89. The Kier molecular flexibility index (Phi) is 8.04. The van der Waals surface area contributed by atoms with E-state index >= 15 is 0 Å². The largest absolute Gasteiger partial charge is 0.444 e. The maximum absolute atomic E-state index is 12.4. The monoisotopic (exact) mass is 443 g/mol. The van der Waals surface area contributed by atoms with Crippen LogP contribution in [0.15, 0.2) is 33.9 Å². The van der Waals surface area contributed by atoms with Crippen molar-refractivity contribution in [2.45, 2.75) is 63.0 Å². The molecule has 1 amide bonds. The number of aryl methyl sites for hydroxylation is 1. The highest BCUT2D eigenvalue weighted by molar-refractivity contribution is 7.90. The van der Waals surface area contributed by atoms with Gasteiger partial charge in [-0.05, 0) is 51.3 Å². The Morgan fingerprint density at radius 1 is 1.21 bits per heavy atom. The van der Waals surface area contributed by atoms with E-state index in [0.717, 1.165) is 19.3 Å². The molecule has 0 aliphatic heterocycles. The van der Waals surface area contributed by atoms with Crippen LogP contribution >= 0.6 is 11.6 Å². The summed E-state index contributed by atoms with van der Waals surface area (Å²) in [4.78, 5) is 11.5. The number of ether oxygens (including phenoxy) is 1. The number of hydrogen-bond acceptors (Lipinski definition) is 7. The van der Waals surface area contributed by atoms with E-state index in [1.54, 1.807) is 45.0 Å². The van der Waals surface area contributed by atoms with Gasteiger partial charge in [0.1, 0.15) is 5.60 Å². The van der Waals surface area contributed by atoms with Gasteiger partial charge in [-0.3, -0.25) is 0 Å². The van der Waals surface area contributed by atoms with Crippen LogP contribution < -0.4 is 5.32 Å². The second-order valence-electron chi connectivity index (χ2n) is 7.59. The number of carbonyl (C=O) groups excluding carboxylic acids is 1. The van der Waals surface area contributed by atoms with Crippen LogP contribution in [0.5, 0.6) is 0 Å². The zero-order valence-electron chi connectivity index (χ0n) is 16.8. The first-order chi connectivity index (χ1) is 13.5. The number of nitrogens with zero attached hydrogens (tertiary/aromatic N) is 2. The lowest BCUT2D eigenvalue weighted by molar-refractivity contribution is 0.0527. The molecule has 0 bridgehead atoms. The summed E-state index contributed by atoms with van der Waals surface area (Å²) in [6.45, 7) is 5.92. The SMILES string of the molecule is CC(C)(C)OC(=O)NCCCCCc1nnc(S(=O)(=O)Cc2cccc(Cl)c2)o1. The predicted octanol–water partition coefficient (Wildman–Crippen LogP) is 3.93. The zero-order chi connectivity index (χ0) is 21.5. The molecule has 1 aromatic carbocycles. The number of halogens is 1. The molecule has 0 spiro atoms. The molecular formula is C19H26ClN3O5S. The molecule has 1 heterocycles. The average Bonchev–Trinajstić information content (AvgIpc) is 3.06. The van der Waals surface area contributed by atoms with Crippen molar-refractivity contribution >= 4 is 27.5 Å². The van der Waals surface area contributed by atoms with Gasteiger partial charge in [0.05, 0.1) is 5.75 Å². The van der Waals surface area contributed by atoms with Crippen LogP contribution in [0.3, 0.4) is 0 Å². The fraction of sp³-hybridized carbons (Fsp3) is 0.526. The van der Waals surface area contributed by atoms with E-state index in [-0.39, 0.29) is 16.9 Å². The minimum Gasteiger partial charge on any atom is -0.444 e. The lowest BCUT2D eigenvalue weighted by Crippen LogP contribution is -2.32. The minimum absolute atomic E-state index is 0.258. The molecule has 1 aromatic heterocycles. The van der Waals surface area contributed by atoms with Crippen LogP contribution in [0.1, 0.15) is 51.5 Å². The fourth-order valence-corrected chi connectivity index (χ4v) is 3.80. The third kappa shape index (κ3) is 8.41. The highest BCUT2D eigenvalue weighted by atomic mass is 35.5. The number of sulfone groups is 1. The summed E-state index contributed by atoms with van der Waals surface area (Å²) in [5.41, 5.74) is 0.0297. The number of benzene rings is 1. The Morgan fingerprint density at radius 3 is 2.66 bits per heavy atom. The number of unbranched alkanes of at least 4 members (excludes halogenated alkanes) is 2. The van der Waals surface area contributed by atoms with Gasteiger partial charge in [0.25, 0.3) is 0 Å². The fourth-order valence-electron chi connectivity index (χ4n) is 2.46. The van der Waals surface area contributed by atoms with Crippen molar-refractivity contribution in [1.82, 2.24) is 15.5 Å². The van der Waals surface area contributed by atoms with Crippen molar-refractivity contribution in [2.75, 3.05) is 6.54 Å².